The Morgan fingerprint density at radius 3 is 1.76 bits per heavy atom. The van der Waals surface area contributed by atoms with E-state index in [-0.39, 0.29) is 13.2 Å². The summed E-state index contributed by atoms with van der Waals surface area (Å²) in [5, 5.41) is 0. The van der Waals surface area contributed by atoms with Crippen molar-refractivity contribution in [3.05, 3.63) is 25.3 Å². The summed E-state index contributed by atoms with van der Waals surface area (Å²) in [6.07, 6.45) is 1.92. The van der Waals surface area contributed by atoms with Crippen molar-refractivity contribution in [1.82, 2.24) is 0 Å². The molecule has 6 nitrogen and oxygen atoms in total. The van der Waals surface area contributed by atoms with Gasteiger partial charge in [-0.05, 0) is 0 Å². The topological polar surface area (TPSA) is 78.9 Å². The van der Waals surface area contributed by atoms with Crippen LogP contribution in [0.4, 0.5) is 0 Å². The van der Waals surface area contributed by atoms with Gasteiger partial charge in [-0.15, -0.1) is 0 Å². The molecule has 0 bridgehead atoms. The van der Waals surface area contributed by atoms with Crippen LogP contribution in [0.5, 0.6) is 0 Å². The lowest BCUT2D eigenvalue weighted by molar-refractivity contribution is -0.155. The Labute approximate surface area is 98.8 Å². The number of hydrogen-bond donors (Lipinski definition) is 0. The van der Waals surface area contributed by atoms with Crippen molar-refractivity contribution in [2.75, 3.05) is 20.3 Å². The van der Waals surface area contributed by atoms with E-state index in [0.29, 0.717) is 0 Å². The lowest BCUT2D eigenvalue weighted by Gasteiger charge is -2.13. The molecular formula is C11H14O6. The van der Waals surface area contributed by atoms with E-state index in [4.69, 9.17) is 0 Å². The zero-order chi connectivity index (χ0) is 13.3. The van der Waals surface area contributed by atoms with Crippen molar-refractivity contribution < 1.29 is 28.6 Å². The summed E-state index contributed by atoms with van der Waals surface area (Å²) >= 11 is 0. The van der Waals surface area contributed by atoms with Gasteiger partial charge in [0.05, 0.1) is 7.11 Å². The molecule has 0 aromatic carbocycles. The number of esters is 3. The Bertz CT molecular complexity index is 296. The lowest BCUT2D eigenvalue weighted by Crippen LogP contribution is -2.28. The summed E-state index contributed by atoms with van der Waals surface area (Å²) in [6, 6.07) is 0. The van der Waals surface area contributed by atoms with Crippen LogP contribution >= 0.6 is 0 Å². The van der Waals surface area contributed by atoms with E-state index < -0.39 is 23.8 Å². The average Bonchev–Trinajstić information content (AvgIpc) is 2.36. The second-order valence-corrected chi connectivity index (χ2v) is 2.89. The van der Waals surface area contributed by atoms with Crippen LogP contribution in [-0.2, 0) is 28.6 Å². The molecule has 0 heterocycles. The third-order valence-corrected chi connectivity index (χ3v) is 1.72. The van der Waals surface area contributed by atoms with E-state index in [1.807, 2.05) is 0 Å². The Balaban J connectivity index is 4.28. The number of rotatable bonds is 7. The summed E-state index contributed by atoms with van der Waals surface area (Å²) in [5.74, 6) is -2.85. The van der Waals surface area contributed by atoms with E-state index >= 15 is 0 Å². The van der Waals surface area contributed by atoms with Crippen molar-refractivity contribution in [3.8, 4) is 0 Å². The van der Waals surface area contributed by atoms with Crippen LogP contribution in [0.15, 0.2) is 25.3 Å². The van der Waals surface area contributed by atoms with Crippen LogP contribution in [0.1, 0.15) is 0 Å². The molecule has 0 aliphatic heterocycles. The monoisotopic (exact) mass is 242 g/mol. The summed E-state index contributed by atoms with van der Waals surface area (Å²) < 4.78 is 13.8. The fourth-order valence-corrected chi connectivity index (χ4v) is 0.834. The molecule has 0 N–H and O–H groups in total. The van der Waals surface area contributed by atoms with Crippen molar-refractivity contribution in [2.24, 2.45) is 5.92 Å². The minimum absolute atomic E-state index is 0.248. The molecule has 6 heteroatoms. The number of hydrogen-bond acceptors (Lipinski definition) is 6. The van der Waals surface area contributed by atoms with Crippen molar-refractivity contribution >= 4 is 17.9 Å². The predicted molar refractivity (Wildman–Crippen MR) is 57.8 cm³/mol. The highest BCUT2D eigenvalue weighted by molar-refractivity contribution is 5.82. The summed E-state index contributed by atoms with van der Waals surface area (Å²) in [5.41, 5.74) is 0. The highest BCUT2D eigenvalue weighted by atomic mass is 16.6. The SMILES string of the molecule is C=CC(=O)OCC(COC(=O)C=C)C(=O)OC. The van der Waals surface area contributed by atoms with Crippen LogP contribution in [0.2, 0.25) is 0 Å². The van der Waals surface area contributed by atoms with E-state index in [9.17, 15) is 14.4 Å². The first kappa shape index (κ1) is 14.9. The predicted octanol–water partition coefficient (Wildman–Crippen LogP) is 0.234. The van der Waals surface area contributed by atoms with Gasteiger partial charge in [0.1, 0.15) is 19.1 Å². The van der Waals surface area contributed by atoms with Crippen LogP contribution < -0.4 is 0 Å². The zero-order valence-corrected chi connectivity index (χ0v) is 9.51. The fraction of sp³-hybridized carbons (Fsp3) is 0.364. The largest absolute Gasteiger partial charge is 0.469 e. The van der Waals surface area contributed by atoms with Crippen LogP contribution in [0.3, 0.4) is 0 Å². The maximum atomic E-state index is 11.3. The minimum Gasteiger partial charge on any atom is -0.469 e. The normalized spacial score (nSPS) is 9.29. The zero-order valence-electron chi connectivity index (χ0n) is 9.51. The molecule has 0 amide bonds. The molecule has 94 valence electrons. The van der Waals surface area contributed by atoms with E-state index in [2.05, 4.69) is 27.4 Å². The molecule has 0 atom stereocenters. The van der Waals surface area contributed by atoms with Crippen molar-refractivity contribution in [2.45, 2.75) is 0 Å². The van der Waals surface area contributed by atoms with Crippen molar-refractivity contribution in [3.63, 3.8) is 0 Å². The Kier molecular flexibility index (Phi) is 7.09. The molecule has 0 unspecified atom stereocenters. The average molecular weight is 242 g/mol. The van der Waals surface area contributed by atoms with Gasteiger partial charge in [-0.2, -0.15) is 0 Å². The van der Waals surface area contributed by atoms with Gasteiger partial charge in [-0.1, -0.05) is 13.2 Å². The fourth-order valence-electron chi connectivity index (χ4n) is 0.834. The summed E-state index contributed by atoms with van der Waals surface area (Å²) in [6.45, 7) is 5.91. The maximum Gasteiger partial charge on any atom is 0.330 e. The molecule has 0 spiro atoms. The van der Waals surface area contributed by atoms with Gasteiger partial charge in [-0.25, -0.2) is 9.59 Å². The molecule has 0 saturated carbocycles. The molecular weight excluding hydrogens is 228 g/mol. The molecule has 17 heavy (non-hydrogen) atoms. The molecule has 0 aromatic rings. The van der Waals surface area contributed by atoms with Crippen LogP contribution in [0, 0.1) is 5.92 Å². The molecule has 0 radical (unpaired) electrons. The Morgan fingerprint density at radius 1 is 1.06 bits per heavy atom. The quantitative estimate of drug-likeness (QED) is 0.361. The first-order valence-electron chi connectivity index (χ1n) is 4.71. The van der Waals surface area contributed by atoms with E-state index in [1.165, 1.54) is 7.11 Å². The Hall–Kier alpha value is -2.11. The highest BCUT2D eigenvalue weighted by Gasteiger charge is 2.22. The van der Waals surface area contributed by atoms with Gasteiger partial charge >= 0.3 is 17.9 Å². The second kappa shape index (κ2) is 8.09. The van der Waals surface area contributed by atoms with Crippen LogP contribution in [-0.4, -0.2) is 38.2 Å². The van der Waals surface area contributed by atoms with Gasteiger partial charge in [0.2, 0.25) is 0 Å². The molecule has 0 fully saturated rings. The van der Waals surface area contributed by atoms with E-state index in [1.54, 1.807) is 0 Å². The van der Waals surface area contributed by atoms with Gasteiger partial charge in [0.15, 0.2) is 0 Å². The molecule has 0 aliphatic carbocycles. The van der Waals surface area contributed by atoms with Gasteiger partial charge in [0, 0.05) is 12.2 Å². The smallest absolute Gasteiger partial charge is 0.330 e. The first-order chi connectivity index (χ1) is 8.04. The van der Waals surface area contributed by atoms with Crippen LogP contribution in [0.25, 0.3) is 0 Å². The standard InChI is InChI=1S/C11H14O6/c1-4-9(12)16-6-8(11(14)15-3)7-17-10(13)5-2/h4-5,8H,1-2,6-7H2,3H3. The maximum absolute atomic E-state index is 11.3. The molecule has 0 rings (SSSR count). The second-order valence-electron chi connectivity index (χ2n) is 2.89. The van der Waals surface area contributed by atoms with Crippen molar-refractivity contribution in [1.29, 1.82) is 0 Å². The number of carbonyl (C=O) groups excluding carboxylic acids is 3. The highest BCUT2D eigenvalue weighted by Crippen LogP contribution is 2.03. The van der Waals surface area contributed by atoms with Gasteiger partial charge in [-0.3, -0.25) is 4.79 Å². The third-order valence-electron chi connectivity index (χ3n) is 1.72. The lowest BCUT2D eigenvalue weighted by atomic mass is 10.2. The minimum atomic E-state index is -0.868. The van der Waals surface area contributed by atoms with Gasteiger partial charge < -0.3 is 14.2 Å². The number of carbonyl (C=O) groups is 3. The Morgan fingerprint density at radius 2 is 1.47 bits per heavy atom. The first-order valence-corrected chi connectivity index (χ1v) is 4.71. The molecule has 0 aliphatic rings. The molecule has 0 aromatic heterocycles. The number of ether oxygens (including phenoxy) is 3. The summed E-state index contributed by atoms with van der Waals surface area (Å²) in [4.78, 5) is 32.9. The number of methoxy groups -OCH3 is 1. The van der Waals surface area contributed by atoms with Gasteiger partial charge in [0.25, 0.3) is 0 Å². The van der Waals surface area contributed by atoms with E-state index in [0.717, 1.165) is 12.2 Å². The molecule has 0 saturated heterocycles. The summed E-state index contributed by atoms with van der Waals surface area (Å²) in [7, 11) is 1.18. The third kappa shape index (κ3) is 6.14.